The maximum atomic E-state index is 6.34. The van der Waals surface area contributed by atoms with Crippen LogP contribution in [-0.2, 0) is 4.93 Å². The molecule has 2 heterocycles. The lowest BCUT2D eigenvalue weighted by molar-refractivity contribution is 0.0528. The lowest BCUT2D eigenvalue weighted by Gasteiger charge is -2.39. The lowest BCUT2D eigenvalue weighted by atomic mass is 9.86. The van der Waals surface area contributed by atoms with Crippen molar-refractivity contribution >= 4 is 11.8 Å². The Morgan fingerprint density at radius 1 is 1.11 bits per heavy atom. The molecule has 1 aromatic carbocycles. The first-order chi connectivity index (χ1) is 8.53. The van der Waals surface area contributed by atoms with E-state index in [4.69, 9.17) is 4.74 Å². The Hall–Kier alpha value is -1.35. The molecule has 0 amide bonds. The summed E-state index contributed by atoms with van der Waals surface area (Å²) in [6.45, 7) is 6.64. The van der Waals surface area contributed by atoms with E-state index in [0.717, 1.165) is 11.4 Å². The zero-order valence-corrected chi connectivity index (χ0v) is 11.7. The van der Waals surface area contributed by atoms with Crippen LogP contribution in [0.25, 0.3) is 0 Å². The van der Waals surface area contributed by atoms with Crippen LogP contribution in [0.5, 0.6) is 5.75 Å². The summed E-state index contributed by atoms with van der Waals surface area (Å²) in [4.78, 5) is 4.15. The molecule has 2 aromatic rings. The Labute approximate surface area is 112 Å². The number of aromatic amines is 1. The SMILES string of the molecule is CC(C)(C)C1(c2ccc[nH]2)Oc2ccccc2S1. The quantitative estimate of drug-likeness (QED) is 0.821. The van der Waals surface area contributed by atoms with Crippen LogP contribution in [0.15, 0.2) is 47.5 Å². The van der Waals surface area contributed by atoms with Crippen molar-refractivity contribution in [2.24, 2.45) is 5.41 Å². The van der Waals surface area contributed by atoms with Gasteiger partial charge in [0.15, 0.2) is 0 Å². The van der Waals surface area contributed by atoms with Crippen molar-refractivity contribution in [3.8, 4) is 5.75 Å². The minimum atomic E-state index is -0.375. The van der Waals surface area contributed by atoms with Crippen LogP contribution >= 0.6 is 11.8 Å². The fourth-order valence-electron chi connectivity index (χ4n) is 2.30. The van der Waals surface area contributed by atoms with Gasteiger partial charge in [-0.15, -0.1) is 0 Å². The molecule has 1 aliphatic rings. The second-order valence-corrected chi connectivity index (χ2v) is 6.82. The van der Waals surface area contributed by atoms with Crippen LogP contribution in [0.2, 0.25) is 0 Å². The van der Waals surface area contributed by atoms with E-state index in [9.17, 15) is 0 Å². The molecule has 1 atom stereocenters. The molecule has 3 heteroatoms. The monoisotopic (exact) mass is 259 g/mol. The molecule has 1 aliphatic heterocycles. The molecule has 0 aliphatic carbocycles. The maximum absolute atomic E-state index is 6.34. The normalized spacial score (nSPS) is 22.6. The van der Waals surface area contributed by atoms with Gasteiger partial charge in [-0.25, -0.2) is 0 Å². The van der Waals surface area contributed by atoms with E-state index in [1.54, 1.807) is 11.8 Å². The van der Waals surface area contributed by atoms with E-state index in [-0.39, 0.29) is 10.3 Å². The molecule has 0 bridgehead atoms. The van der Waals surface area contributed by atoms with Gasteiger partial charge in [0.2, 0.25) is 4.93 Å². The van der Waals surface area contributed by atoms with Gasteiger partial charge in [-0.1, -0.05) is 44.7 Å². The van der Waals surface area contributed by atoms with Gasteiger partial charge >= 0.3 is 0 Å². The highest BCUT2D eigenvalue weighted by Gasteiger charge is 2.52. The summed E-state index contributed by atoms with van der Waals surface area (Å²) in [5.74, 6) is 0.979. The topological polar surface area (TPSA) is 25.0 Å². The molecule has 18 heavy (non-hydrogen) atoms. The predicted molar refractivity (Wildman–Crippen MR) is 74.9 cm³/mol. The summed E-state index contributed by atoms with van der Waals surface area (Å²) in [5, 5.41) is 0. The van der Waals surface area contributed by atoms with Crippen molar-refractivity contribution in [2.45, 2.75) is 30.6 Å². The number of rotatable bonds is 1. The third kappa shape index (κ3) is 1.57. The Kier molecular flexibility index (Phi) is 2.49. The van der Waals surface area contributed by atoms with Gasteiger partial charge in [-0.2, -0.15) is 0 Å². The molecular weight excluding hydrogens is 242 g/mol. The van der Waals surface area contributed by atoms with Gasteiger partial charge in [-0.05, 0) is 24.3 Å². The lowest BCUT2D eigenvalue weighted by Crippen LogP contribution is -2.40. The zero-order chi connectivity index (χ0) is 12.8. The number of aromatic nitrogens is 1. The Balaban J connectivity index is 2.12. The summed E-state index contributed by atoms with van der Waals surface area (Å²) in [5.41, 5.74) is 1.11. The van der Waals surface area contributed by atoms with Gasteiger partial charge in [0.25, 0.3) is 0 Å². The van der Waals surface area contributed by atoms with Crippen LogP contribution in [0.4, 0.5) is 0 Å². The summed E-state index contributed by atoms with van der Waals surface area (Å²) < 4.78 is 6.34. The van der Waals surface area contributed by atoms with Crippen molar-refractivity contribution in [1.29, 1.82) is 0 Å². The molecule has 0 saturated heterocycles. The number of ether oxygens (including phenoxy) is 1. The first kappa shape index (κ1) is 11.7. The number of nitrogens with one attached hydrogen (secondary N) is 1. The van der Waals surface area contributed by atoms with Crippen LogP contribution in [0.3, 0.4) is 0 Å². The van der Waals surface area contributed by atoms with Crippen LogP contribution in [-0.4, -0.2) is 4.98 Å². The smallest absolute Gasteiger partial charge is 0.203 e. The largest absolute Gasteiger partial charge is 0.469 e. The third-order valence-electron chi connectivity index (χ3n) is 3.30. The van der Waals surface area contributed by atoms with Crippen molar-refractivity contribution in [3.05, 3.63) is 48.3 Å². The van der Waals surface area contributed by atoms with E-state index < -0.39 is 0 Å². The van der Waals surface area contributed by atoms with Crippen molar-refractivity contribution in [3.63, 3.8) is 0 Å². The summed E-state index contributed by atoms with van der Waals surface area (Å²) in [6, 6.07) is 12.4. The third-order valence-corrected chi connectivity index (χ3v) is 5.06. The molecule has 3 rings (SSSR count). The zero-order valence-electron chi connectivity index (χ0n) is 10.9. The van der Waals surface area contributed by atoms with E-state index in [2.05, 4.69) is 44.0 Å². The molecule has 2 nitrogen and oxygen atoms in total. The first-order valence-electron chi connectivity index (χ1n) is 6.14. The van der Waals surface area contributed by atoms with Gasteiger partial charge in [0.1, 0.15) is 5.75 Å². The summed E-state index contributed by atoms with van der Waals surface area (Å²) >= 11 is 1.79. The Morgan fingerprint density at radius 2 is 1.89 bits per heavy atom. The molecule has 0 saturated carbocycles. The molecule has 0 fully saturated rings. The number of para-hydroxylation sites is 1. The van der Waals surface area contributed by atoms with Crippen molar-refractivity contribution in [2.75, 3.05) is 0 Å². The van der Waals surface area contributed by atoms with Crippen molar-refractivity contribution < 1.29 is 4.74 Å². The molecule has 0 spiro atoms. The van der Waals surface area contributed by atoms with Crippen LogP contribution < -0.4 is 4.74 Å². The molecule has 1 aromatic heterocycles. The van der Waals surface area contributed by atoms with Gasteiger partial charge in [-0.3, -0.25) is 0 Å². The van der Waals surface area contributed by atoms with Gasteiger partial charge < -0.3 is 9.72 Å². The van der Waals surface area contributed by atoms with E-state index in [0.29, 0.717) is 0 Å². The summed E-state index contributed by atoms with van der Waals surface area (Å²) in [7, 11) is 0. The Morgan fingerprint density at radius 3 is 2.50 bits per heavy atom. The second-order valence-electron chi connectivity index (χ2n) is 5.60. The highest BCUT2D eigenvalue weighted by Crippen LogP contribution is 2.59. The fraction of sp³-hybridized carbons (Fsp3) is 0.333. The number of H-pyrrole nitrogens is 1. The molecule has 0 radical (unpaired) electrons. The number of thioether (sulfide) groups is 1. The minimum Gasteiger partial charge on any atom is -0.469 e. The Bertz CT molecular complexity index is 529. The predicted octanol–water partition coefficient (Wildman–Crippen LogP) is 4.40. The minimum absolute atomic E-state index is 0.0124. The molecule has 94 valence electrons. The van der Waals surface area contributed by atoms with E-state index in [1.807, 2.05) is 24.4 Å². The first-order valence-corrected chi connectivity index (χ1v) is 6.95. The van der Waals surface area contributed by atoms with E-state index >= 15 is 0 Å². The molecule has 1 N–H and O–H groups in total. The molecule has 1 unspecified atom stereocenters. The molecular formula is C15H17NOS. The summed E-state index contributed by atoms with van der Waals surface area (Å²) in [6.07, 6.45) is 1.95. The van der Waals surface area contributed by atoms with E-state index in [1.165, 1.54) is 4.90 Å². The average molecular weight is 259 g/mol. The second kappa shape index (κ2) is 3.82. The highest BCUT2D eigenvalue weighted by molar-refractivity contribution is 8.00. The average Bonchev–Trinajstić information content (AvgIpc) is 2.95. The standard InChI is InChI=1S/C15H17NOS/c1-14(2,3)15(13-9-6-10-16-13)17-11-7-4-5-8-12(11)18-15/h4-10,16H,1-3H3. The van der Waals surface area contributed by atoms with Gasteiger partial charge in [0, 0.05) is 11.6 Å². The van der Waals surface area contributed by atoms with Crippen molar-refractivity contribution in [1.82, 2.24) is 4.98 Å². The number of fused-ring (bicyclic) bond motifs is 1. The van der Waals surface area contributed by atoms with Crippen LogP contribution in [0, 0.1) is 5.41 Å². The number of hydrogen-bond acceptors (Lipinski definition) is 2. The van der Waals surface area contributed by atoms with Crippen LogP contribution in [0.1, 0.15) is 26.5 Å². The fourth-order valence-corrected chi connectivity index (χ4v) is 3.65. The number of benzene rings is 1. The highest BCUT2D eigenvalue weighted by atomic mass is 32.2. The maximum Gasteiger partial charge on any atom is 0.203 e. The van der Waals surface area contributed by atoms with Gasteiger partial charge in [0.05, 0.1) is 10.6 Å². The number of hydrogen-bond donors (Lipinski definition) is 1.